The summed E-state index contributed by atoms with van der Waals surface area (Å²) in [4.78, 5) is 28.8. The first-order chi connectivity index (χ1) is 9.60. The van der Waals surface area contributed by atoms with E-state index in [1.165, 1.54) is 12.3 Å². The van der Waals surface area contributed by atoms with Gasteiger partial charge in [-0.05, 0) is 13.3 Å². The van der Waals surface area contributed by atoms with Gasteiger partial charge in [-0.15, -0.1) is 0 Å². The van der Waals surface area contributed by atoms with Gasteiger partial charge < -0.3 is 19.4 Å². The fraction of sp³-hybridized carbons (Fsp3) is 0.571. The predicted octanol–water partition coefficient (Wildman–Crippen LogP) is 0.808. The molecule has 0 atom stereocenters. The van der Waals surface area contributed by atoms with E-state index in [2.05, 4.69) is 4.98 Å². The number of carbonyl (C=O) groups is 1. The minimum Gasteiger partial charge on any atom is -0.385 e. The predicted molar refractivity (Wildman–Crippen MR) is 76.1 cm³/mol. The van der Waals surface area contributed by atoms with E-state index >= 15 is 0 Å². The second kappa shape index (κ2) is 8.50. The summed E-state index contributed by atoms with van der Waals surface area (Å²) < 4.78 is 9.99. The SMILES string of the molecule is COCCCN(CCOC)C(=O)c1c[nH]c(C)cc1=O. The molecule has 1 amide bonds. The molecule has 0 radical (unpaired) electrons. The third kappa shape index (κ3) is 4.79. The Labute approximate surface area is 118 Å². The van der Waals surface area contributed by atoms with Gasteiger partial charge in [-0.25, -0.2) is 0 Å². The van der Waals surface area contributed by atoms with E-state index in [0.29, 0.717) is 26.3 Å². The molecule has 1 rings (SSSR count). The van der Waals surface area contributed by atoms with Crippen molar-refractivity contribution in [1.29, 1.82) is 0 Å². The molecule has 1 N–H and O–H groups in total. The Morgan fingerprint density at radius 1 is 1.25 bits per heavy atom. The fourth-order valence-corrected chi connectivity index (χ4v) is 1.83. The van der Waals surface area contributed by atoms with Crippen molar-refractivity contribution in [3.8, 4) is 0 Å². The first-order valence-corrected chi connectivity index (χ1v) is 6.56. The van der Waals surface area contributed by atoms with Gasteiger partial charge in [0.1, 0.15) is 5.56 Å². The smallest absolute Gasteiger partial charge is 0.259 e. The molecule has 0 bridgehead atoms. The maximum atomic E-state index is 12.4. The van der Waals surface area contributed by atoms with Crippen LogP contribution in [0, 0.1) is 6.92 Å². The highest BCUT2D eigenvalue weighted by Gasteiger charge is 2.18. The molecule has 6 heteroatoms. The molecular weight excluding hydrogens is 260 g/mol. The molecule has 0 unspecified atom stereocenters. The molecule has 0 spiro atoms. The van der Waals surface area contributed by atoms with Gasteiger partial charge >= 0.3 is 0 Å². The van der Waals surface area contributed by atoms with Crippen molar-refractivity contribution in [2.24, 2.45) is 0 Å². The summed E-state index contributed by atoms with van der Waals surface area (Å²) in [7, 11) is 3.20. The number of carbonyl (C=O) groups excluding carboxylic acids is 1. The van der Waals surface area contributed by atoms with Crippen molar-refractivity contribution in [3.63, 3.8) is 0 Å². The average Bonchev–Trinajstić information content (AvgIpc) is 2.42. The van der Waals surface area contributed by atoms with Gasteiger partial charge in [0.2, 0.25) is 0 Å². The molecule has 1 heterocycles. The number of methoxy groups -OCH3 is 2. The number of ether oxygens (including phenoxy) is 2. The third-order valence-corrected chi connectivity index (χ3v) is 2.92. The monoisotopic (exact) mass is 282 g/mol. The highest BCUT2D eigenvalue weighted by atomic mass is 16.5. The third-order valence-electron chi connectivity index (χ3n) is 2.92. The molecule has 1 aromatic rings. The van der Waals surface area contributed by atoms with Gasteiger partial charge in [0.05, 0.1) is 6.61 Å². The zero-order valence-corrected chi connectivity index (χ0v) is 12.3. The topological polar surface area (TPSA) is 71.6 Å². The van der Waals surface area contributed by atoms with Crippen LogP contribution in [0.3, 0.4) is 0 Å². The van der Waals surface area contributed by atoms with Gasteiger partial charge in [0, 0.05) is 51.9 Å². The molecule has 112 valence electrons. The Balaban J connectivity index is 2.82. The lowest BCUT2D eigenvalue weighted by Crippen LogP contribution is -2.37. The molecule has 0 aliphatic rings. The summed E-state index contributed by atoms with van der Waals surface area (Å²) in [5, 5.41) is 0. The van der Waals surface area contributed by atoms with Gasteiger partial charge in [-0.3, -0.25) is 9.59 Å². The Morgan fingerprint density at radius 2 is 1.95 bits per heavy atom. The van der Waals surface area contributed by atoms with Crippen LogP contribution in [0.5, 0.6) is 0 Å². The second-order valence-corrected chi connectivity index (χ2v) is 4.53. The lowest BCUT2D eigenvalue weighted by Gasteiger charge is -2.22. The van der Waals surface area contributed by atoms with E-state index in [-0.39, 0.29) is 16.9 Å². The number of nitrogens with one attached hydrogen (secondary N) is 1. The van der Waals surface area contributed by atoms with Gasteiger partial charge in [-0.2, -0.15) is 0 Å². The molecule has 0 saturated heterocycles. The lowest BCUT2D eigenvalue weighted by atomic mass is 10.2. The summed E-state index contributed by atoms with van der Waals surface area (Å²) in [6.07, 6.45) is 2.19. The standard InChI is InChI=1S/C14H22N2O4/c1-11-9-13(17)12(10-15-11)14(18)16(6-8-20-3)5-4-7-19-2/h9-10H,4-8H2,1-3H3,(H,15,17). The number of hydrogen-bond donors (Lipinski definition) is 1. The number of aromatic amines is 1. The molecular formula is C14H22N2O4. The number of aromatic nitrogens is 1. The van der Waals surface area contributed by atoms with Crippen LogP contribution in [0.15, 0.2) is 17.1 Å². The summed E-state index contributed by atoms with van der Waals surface area (Å²) in [5.41, 5.74) is 0.624. The van der Waals surface area contributed by atoms with E-state index in [9.17, 15) is 9.59 Å². The van der Waals surface area contributed by atoms with E-state index in [1.54, 1.807) is 26.0 Å². The Hall–Kier alpha value is -1.66. The summed E-state index contributed by atoms with van der Waals surface area (Å²) in [5.74, 6) is -0.278. The van der Waals surface area contributed by atoms with E-state index < -0.39 is 0 Å². The van der Waals surface area contributed by atoms with Crippen LogP contribution in [0.25, 0.3) is 0 Å². The maximum absolute atomic E-state index is 12.4. The average molecular weight is 282 g/mol. The van der Waals surface area contributed by atoms with E-state index in [4.69, 9.17) is 9.47 Å². The highest BCUT2D eigenvalue weighted by molar-refractivity contribution is 5.93. The first-order valence-electron chi connectivity index (χ1n) is 6.56. The summed E-state index contributed by atoms with van der Waals surface area (Å²) in [6, 6.07) is 1.43. The second-order valence-electron chi connectivity index (χ2n) is 4.53. The Bertz CT molecular complexity index is 484. The number of H-pyrrole nitrogens is 1. The number of aryl methyl sites for hydroxylation is 1. The molecule has 0 aliphatic heterocycles. The number of amides is 1. The highest BCUT2D eigenvalue weighted by Crippen LogP contribution is 2.02. The van der Waals surface area contributed by atoms with Crippen molar-refractivity contribution >= 4 is 5.91 Å². The van der Waals surface area contributed by atoms with Crippen molar-refractivity contribution in [2.75, 3.05) is 40.5 Å². The molecule has 0 aromatic carbocycles. The quantitative estimate of drug-likeness (QED) is 0.716. The molecule has 0 saturated carbocycles. The summed E-state index contributed by atoms with van der Waals surface area (Å²) in [6.45, 7) is 3.76. The molecule has 0 fully saturated rings. The lowest BCUT2D eigenvalue weighted by molar-refractivity contribution is 0.0672. The Kier molecular flexibility index (Phi) is 6.97. The normalized spacial score (nSPS) is 10.6. The van der Waals surface area contributed by atoms with Crippen LogP contribution in [-0.2, 0) is 9.47 Å². The van der Waals surface area contributed by atoms with Gasteiger partial charge in [-0.1, -0.05) is 0 Å². The van der Waals surface area contributed by atoms with Crippen molar-refractivity contribution in [2.45, 2.75) is 13.3 Å². The number of pyridine rings is 1. The van der Waals surface area contributed by atoms with Crippen LogP contribution in [-0.4, -0.2) is 56.3 Å². The van der Waals surface area contributed by atoms with Crippen LogP contribution < -0.4 is 5.43 Å². The van der Waals surface area contributed by atoms with E-state index in [1.807, 2.05) is 0 Å². The number of rotatable bonds is 8. The van der Waals surface area contributed by atoms with Gasteiger partial charge in [0.15, 0.2) is 5.43 Å². The molecule has 1 aromatic heterocycles. The van der Waals surface area contributed by atoms with Gasteiger partial charge in [0.25, 0.3) is 5.91 Å². The molecule has 0 aliphatic carbocycles. The number of nitrogens with zero attached hydrogens (tertiary/aromatic N) is 1. The van der Waals surface area contributed by atoms with E-state index in [0.717, 1.165) is 12.1 Å². The van der Waals surface area contributed by atoms with Crippen LogP contribution in [0.1, 0.15) is 22.5 Å². The fourth-order valence-electron chi connectivity index (χ4n) is 1.83. The summed E-state index contributed by atoms with van der Waals surface area (Å²) >= 11 is 0. The maximum Gasteiger partial charge on any atom is 0.259 e. The first kappa shape index (κ1) is 16.4. The molecule has 6 nitrogen and oxygen atoms in total. The van der Waals surface area contributed by atoms with Crippen molar-refractivity contribution < 1.29 is 14.3 Å². The minimum atomic E-state index is -0.278. The largest absolute Gasteiger partial charge is 0.385 e. The van der Waals surface area contributed by atoms with Crippen LogP contribution in [0.4, 0.5) is 0 Å². The number of hydrogen-bond acceptors (Lipinski definition) is 4. The van der Waals surface area contributed by atoms with Crippen molar-refractivity contribution in [3.05, 3.63) is 33.7 Å². The molecule has 20 heavy (non-hydrogen) atoms. The van der Waals surface area contributed by atoms with Crippen LogP contribution >= 0.6 is 0 Å². The Morgan fingerprint density at radius 3 is 2.55 bits per heavy atom. The van der Waals surface area contributed by atoms with Crippen molar-refractivity contribution in [1.82, 2.24) is 9.88 Å². The zero-order chi connectivity index (χ0) is 15.0. The minimum absolute atomic E-state index is 0.157. The zero-order valence-electron chi connectivity index (χ0n) is 12.3. The van der Waals surface area contributed by atoms with Crippen LogP contribution in [0.2, 0.25) is 0 Å².